The van der Waals surface area contributed by atoms with Gasteiger partial charge < -0.3 is 11.1 Å². The van der Waals surface area contributed by atoms with Crippen molar-refractivity contribution in [3.63, 3.8) is 0 Å². The highest BCUT2D eigenvalue weighted by Crippen LogP contribution is 2.19. The smallest absolute Gasteiger partial charge is 0.253 e. The quantitative estimate of drug-likeness (QED) is 0.846. The molecule has 0 fully saturated rings. The maximum Gasteiger partial charge on any atom is 0.253 e. The summed E-state index contributed by atoms with van der Waals surface area (Å²) in [5.41, 5.74) is 8.78. The van der Waals surface area contributed by atoms with Gasteiger partial charge in [-0.05, 0) is 43.7 Å². The van der Waals surface area contributed by atoms with E-state index in [1.807, 2.05) is 38.1 Å². The van der Waals surface area contributed by atoms with Crippen molar-refractivity contribution in [3.05, 3.63) is 64.2 Å². The van der Waals surface area contributed by atoms with Crippen LogP contribution in [0.2, 0.25) is 5.02 Å². The molecule has 2 rings (SSSR count). The summed E-state index contributed by atoms with van der Waals surface area (Å²) in [4.78, 5) is 12.3. The summed E-state index contributed by atoms with van der Waals surface area (Å²) in [5.74, 6) is -0.182. The van der Waals surface area contributed by atoms with Crippen LogP contribution in [0.1, 0.15) is 34.5 Å². The lowest BCUT2D eigenvalue weighted by atomic mass is 10.1. The highest BCUT2D eigenvalue weighted by Gasteiger charge is 2.14. The lowest BCUT2D eigenvalue weighted by Crippen LogP contribution is -2.27. The molecular weight excluding hydrogens is 272 g/mol. The molecule has 0 saturated heterocycles. The Bertz CT molecular complexity index is 640. The third-order valence-corrected chi connectivity index (χ3v) is 3.38. The number of nitrogens with one attached hydrogen (secondary N) is 1. The SMILES string of the molecule is Cc1ccc(N)c(C(=O)N[C@H](C)c2cccc(Cl)c2)c1. The van der Waals surface area contributed by atoms with E-state index in [9.17, 15) is 4.79 Å². The van der Waals surface area contributed by atoms with Gasteiger partial charge in [-0.3, -0.25) is 4.79 Å². The maximum atomic E-state index is 12.3. The van der Waals surface area contributed by atoms with Gasteiger partial charge in [0.1, 0.15) is 0 Å². The van der Waals surface area contributed by atoms with Crippen LogP contribution in [0.15, 0.2) is 42.5 Å². The van der Waals surface area contributed by atoms with Gasteiger partial charge in [0.25, 0.3) is 5.91 Å². The molecule has 0 unspecified atom stereocenters. The van der Waals surface area contributed by atoms with Gasteiger partial charge in [0.05, 0.1) is 11.6 Å². The van der Waals surface area contributed by atoms with Gasteiger partial charge in [0.15, 0.2) is 0 Å². The minimum atomic E-state index is -0.182. The Morgan fingerprint density at radius 2 is 2.00 bits per heavy atom. The second kappa shape index (κ2) is 5.97. The van der Waals surface area contributed by atoms with Crippen LogP contribution in [0, 0.1) is 6.92 Å². The fraction of sp³-hybridized carbons (Fsp3) is 0.188. The van der Waals surface area contributed by atoms with Crippen molar-refractivity contribution < 1.29 is 4.79 Å². The molecule has 3 N–H and O–H groups in total. The van der Waals surface area contributed by atoms with Gasteiger partial charge >= 0.3 is 0 Å². The topological polar surface area (TPSA) is 55.1 Å². The molecule has 2 aromatic rings. The van der Waals surface area contributed by atoms with E-state index in [1.165, 1.54) is 0 Å². The van der Waals surface area contributed by atoms with Gasteiger partial charge in [-0.15, -0.1) is 0 Å². The fourth-order valence-corrected chi connectivity index (χ4v) is 2.20. The first kappa shape index (κ1) is 14.4. The summed E-state index contributed by atoms with van der Waals surface area (Å²) in [5, 5.41) is 3.58. The van der Waals surface area contributed by atoms with Crippen LogP contribution in [0.4, 0.5) is 5.69 Å². The molecule has 0 heterocycles. The molecule has 0 bridgehead atoms. The van der Waals surface area contributed by atoms with E-state index >= 15 is 0 Å². The Kier molecular flexibility index (Phi) is 4.30. The van der Waals surface area contributed by atoms with Crippen LogP contribution >= 0.6 is 11.6 Å². The predicted molar refractivity (Wildman–Crippen MR) is 82.9 cm³/mol. The molecule has 104 valence electrons. The average molecular weight is 289 g/mol. The standard InChI is InChI=1S/C16H17ClN2O/c1-10-6-7-15(18)14(8-10)16(20)19-11(2)12-4-3-5-13(17)9-12/h3-9,11H,18H2,1-2H3,(H,19,20)/t11-/m1/s1. The number of benzene rings is 2. The summed E-state index contributed by atoms with van der Waals surface area (Å²) in [6.45, 7) is 3.84. The minimum absolute atomic E-state index is 0.138. The minimum Gasteiger partial charge on any atom is -0.398 e. The molecule has 1 atom stereocenters. The van der Waals surface area contributed by atoms with E-state index in [0.29, 0.717) is 16.3 Å². The maximum absolute atomic E-state index is 12.3. The molecule has 3 nitrogen and oxygen atoms in total. The number of nitrogen functional groups attached to an aromatic ring is 1. The molecular formula is C16H17ClN2O. The average Bonchev–Trinajstić information content (AvgIpc) is 2.41. The third-order valence-electron chi connectivity index (χ3n) is 3.15. The number of anilines is 1. The summed E-state index contributed by atoms with van der Waals surface area (Å²) >= 11 is 5.96. The molecule has 4 heteroatoms. The molecule has 0 aliphatic rings. The number of carbonyl (C=O) groups is 1. The van der Waals surface area contributed by atoms with Gasteiger partial charge in [-0.1, -0.05) is 35.4 Å². The first-order chi connectivity index (χ1) is 9.47. The number of amides is 1. The molecule has 0 saturated carbocycles. The van der Waals surface area contributed by atoms with Crippen LogP contribution < -0.4 is 11.1 Å². The van der Waals surface area contributed by atoms with Gasteiger partial charge in [0, 0.05) is 10.7 Å². The van der Waals surface area contributed by atoms with E-state index in [1.54, 1.807) is 18.2 Å². The lowest BCUT2D eigenvalue weighted by molar-refractivity contribution is 0.0940. The van der Waals surface area contributed by atoms with Crippen LogP contribution in [0.25, 0.3) is 0 Å². The summed E-state index contributed by atoms with van der Waals surface area (Å²) in [6.07, 6.45) is 0. The number of rotatable bonds is 3. The van der Waals surface area contributed by atoms with E-state index in [4.69, 9.17) is 17.3 Å². The predicted octanol–water partition coefficient (Wildman–Crippen LogP) is 3.72. The Labute approximate surface area is 123 Å². The van der Waals surface area contributed by atoms with Crippen molar-refractivity contribution in [1.29, 1.82) is 0 Å². The van der Waals surface area contributed by atoms with E-state index in [0.717, 1.165) is 11.1 Å². The monoisotopic (exact) mass is 288 g/mol. The number of hydrogen-bond acceptors (Lipinski definition) is 2. The Balaban J connectivity index is 2.17. The second-order valence-corrected chi connectivity index (χ2v) is 5.28. The van der Waals surface area contributed by atoms with Crippen molar-refractivity contribution >= 4 is 23.2 Å². The number of nitrogens with two attached hydrogens (primary N) is 1. The van der Waals surface area contributed by atoms with Crippen LogP contribution in [-0.4, -0.2) is 5.91 Å². The van der Waals surface area contributed by atoms with Gasteiger partial charge in [0.2, 0.25) is 0 Å². The molecule has 20 heavy (non-hydrogen) atoms. The van der Waals surface area contributed by atoms with Gasteiger partial charge in [-0.2, -0.15) is 0 Å². The number of carbonyl (C=O) groups excluding carboxylic acids is 1. The first-order valence-corrected chi connectivity index (χ1v) is 6.77. The number of aryl methyl sites for hydroxylation is 1. The molecule has 0 aliphatic heterocycles. The second-order valence-electron chi connectivity index (χ2n) is 4.84. The molecule has 2 aromatic carbocycles. The van der Waals surface area contributed by atoms with Gasteiger partial charge in [-0.25, -0.2) is 0 Å². The Morgan fingerprint density at radius 3 is 2.70 bits per heavy atom. The Hall–Kier alpha value is -2.00. The normalized spacial score (nSPS) is 11.9. The summed E-state index contributed by atoms with van der Waals surface area (Å²) in [6, 6.07) is 12.7. The zero-order chi connectivity index (χ0) is 14.7. The molecule has 0 aliphatic carbocycles. The van der Waals surface area contributed by atoms with Crippen LogP contribution in [0.5, 0.6) is 0 Å². The third kappa shape index (κ3) is 3.31. The highest BCUT2D eigenvalue weighted by atomic mass is 35.5. The van der Waals surface area contributed by atoms with E-state index in [-0.39, 0.29) is 11.9 Å². The summed E-state index contributed by atoms with van der Waals surface area (Å²) < 4.78 is 0. The summed E-state index contributed by atoms with van der Waals surface area (Å²) in [7, 11) is 0. The van der Waals surface area contributed by atoms with E-state index in [2.05, 4.69) is 5.32 Å². The van der Waals surface area contributed by atoms with Crippen molar-refractivity contribution in [1.82, 2.24) is 5.32 Å². The molecule has 0 radical (unpaired) electrons. The van der Waals surface area contributed by atoms with Crippen LogP contribution in [0.3, 0.4) is 0 Å². The molecule has 0 aromatic heterocycles. The molecule has 1 amide bonds. The lowest BCUT2D eigenvalue weighted by Gasteiger charge is -2.15. The van der Waals surface area contributed by atoms with E-state index < -0.39 is 0 Å². The van der Waals surface area contributed by atoms with Crippen molar-refractivity contribution in [2.75, 3.05) is 5.73 Å². The Morgan fingerprint density at radius 1 is 1.25 bits per heavy atom. The zero-order valence-electron chi connectivity index (χ0n) is 11.5. The number of hydrogen-bond donors (Lipinski definition) is 2. The van der Waals surface area contributed by atoms with Crippen LogP contribution in [-0.2, 0) is 0 Å². The van der Waals surface area contributed by atoms with Crippen molar-refractivity contribution in [3.8, 4) is 0 Å². The highest BCUT2D eigenvalue weighted by molar-refractivity contribution is 6.30. The van der Waals surface area contributed by atoms with Crippen molar-refractivity contribution in [2.45, 2.75) is 19.9 Å². The molecule has 0 spiro atoms. The fourth-order valence-electron chi connectivity index (χ4n) is 2.00. The zero-order valence-corrected chi connectivity index (χ0v) is 12.2. The number of halogens is 1. The first-order valence-electron chi connectivity index (χ1n) is 6.40. The van der Waals surface area contributed by atoms with Crippen molar-refractivity contribution in [2.24, 2.45) is 0 Å². The largest absolute Gasteiger partial charge is 0.398 e.